The number of nitrogens with zero attached hydrogens (tertiary/aromatic N) is 3. The van der Waals surface area contributed by atoms with Gasteiger partial charge in [-0.05, 0) is 72.9 Å². The number of fused-ring (bicyclic) bond motifs is 1. The first-order chi connectivity index (χ1) is 18.4. The molecule has 0 aromatic heterocycles. The van der Waals surface area contributed by atoms with Gasteiger partial charge in [-0.3, -0.25) is 4.31 Å². The first kappa shape index (κ1) is 27.9. The number of sulfonamides is 2. The van der Waals surface area contributed by atoms with Crippen LogP contribution in [0.4, 0.5) is 15.8 Å². The van der Waals surface area contributed by atoms with Crippen molar-refractivity contribution in [2.45, 2.75) is 35.0 Å². The number of benzene rings is 3. The Morgan fingerprint density at radius 3 is 2.13 bits per heavy atom. The Bertz CT molecular complexity index is 1610. The van der Waals surface area contributed by atoms with Crippen LogP contribution in [0.25, 0.3) is 0 Å². The third-order valence-corrected chi connectivity index (χ3v) is 11.9. The summed E-state index contributed by atoms with van der Waals surface area (Å²) in [4.78, 5) is 2.08. The predicted octanol–water partition coefficient (Wildman–Crippen LogP) is 5.11. The molecule has 0 spiro atoms. The van der Waals surface area contributed by atoms with Crippen molar-refractivity contribution < 1.29 is 21.2 Å². The Balaban J connectivity index is 1.41. The van der Waals surface area contributed by atoms with Crippen molar-refractivity contribution in [3.8, 4) is 0 Å². The van der Waals surface area contributed by atoms with E-state index in [1.54, 1.807) is 12.1 Å². The lowest BCUT2D eigenvalue weighted by atomic mass is 9.69. The maximum atomic E-state index is 14.5. The van der Waals surface area contributed by atoms with Crippen LogP contribution in [0.1, 0.15) is 25.3 Å². The second kappa shape index (κ2) is 10.1. The number of hydrogen-bond acceptors (Lipinski definition) is 5. The summed E-state index contributed by atoms with van der Waals surface area (Å²) in [6.07, 6.45) is 1.55. The second-order valence-corrected chi connectivity index (χ2v) is 15.0. The highest BCUT2D eigenvalue weighted by atomic mass is 35.5. The fourth-order valence-corrected chi connectivity index (χ4v) is 8.47. The molecule has 1 atom stereocenters. The van der Waals surface area contributed by atoms with Crippen molar-refractivity contribution in [3.05, 3.63) is 83.1 Å². The minimum absolute atomic E-state index is 0.0296. The molecule has 0 unspecified atom stereocenters. The number of para-hydroxylation sites is 1. The van der Waals surface area contributed by atoms with E-state index in [1.807, 2.05) is 29.2 Å². The van der Waals surface area contributed by atoms with Crippen molar-refractivity contribution in [1.82, 2.24) is 4.31 Å². The average molecular weight is 592 g/mol. The molecule has 3 aromatic rings. The Hall–Kier alpha value is -2.66. The molecule has 1 fully saturated rings. The van der Waals surface area contributed by atoms with Crippen LogP contribution >= 0.6 is 11.6 Å². The summed E-state index contributed by atoms with van der Waals surface area (Å²) in [6.45, 7) is 3.68. The van der Waals surface area contributed by atoms with Gasteiger partial charge in [-0.25, -0.2) is 25.5 Å². The van der Waals surface area contributed by atoms with Crippen LogP contribution in [0.2, 0.25) is 5.02 Å². The summed E-state index contributed by atoms with van der Waals surface area (Å²) in [5.41, 5.74) is 1.69. The van der Waals surface area contributed by atoms with Gasteiger partial charge in [0, 0.05) is 44.2 Å². The van der Waals surface area contributed by atoms with E-state index < -0.39 is 25.5 Å². The minimum atomic E-state index is -3.96. The van der Waals surface area contributed by atoms with E-state index in [2.05, 4.69) is 6.92 Å². The lowest BCUT2D eigenvalue weighted by Gasteiger charge is -2.42. The lowest BCUT2D eigenvalue weighted by molar-refractivity contribution is 0.258. The summed E-state index contributed by atoms with van der Waals surface area (Å²) < 4.78 is 69.7. The smallest absolute Gasteiger partial charge is 0.264 e. The number of anilines is 2. The molecule has 5 rings (SSSR count). The average Bonchev–Trinajstić information content (AvgIpc) is 3.23. The highest BCUT2D eigenvalue weighted by Crippen LogP contribution is 2.50. The summed E-state index contributed by atoms with van der Waals surface area (Å²) in [7, 11) is -4.78. The van der Waals surface area contributed by atoms with Crippen LogP contribution in [0, 0.1) is 11.7 Å². The molecule has 208 valence electrons. The van der Waals surface area contributed by atoms with Gasteiger partial charge in [-0.2, -0.15) is 0 Å². The molecule has 7 nitrogen and oxygen atoms in total. The normalized spacial score (nSPS) is 20.5. The molecule has 0 aliphatic carbocycles. The zero-order valence-electron chi connectivity index (χ0n) is 22.0. The quantitative estimate of drug-likeness (QED) is 0.398. The zero-order valence-corrected chi connectivity index (χ0v) is 24.4. The first-order valence-corrected chi connectivity index (χ1v) is 16.0. The van der Waals surface area contributed by atoms with E-state index in [1.165, 1.54) is 48.7 Å². The molecule has 0 saturated carbocycles. The van der Waals surface area contributed by atoms with Gasteiger partial charge in [0.25, 0.3) is 10.0 Å². The third-order valence-electron chi connectivity index (χ3n) is 8.10. The fraction of sp³-hybridized carbons (Fsp3) is 0.357. The van der Waals surface area contributed by atoms with Gasteiger partial charge in [-0.15, -0.1) is 0 Å². The standard InChI is InChI=1S/C28H31ClFN3O4S2/c1-28(20-14-16-32(17-15-20)27-13-8-21(29)18-25(27)30)19-33(26-7-5-4-6-24(26)28)39(36,37)23-11-9-22(10-12-23)38(34,35)31(2)3/h4-13,18,20H,14-17,19H2,1-3H3/t28-/m1/s1. The first-order valence-electron chi connectivity index (χ1n) is 12.7. The molecule has 2 aliphatic rings. The van der Waals surface area contributed by atoms with E-state index >= 15 is 0 Å². The van der Waals surface area contributed by atoms with E-state index in [-0.39, 0.29) is 28.1 Å². The van der Waals surface area contributed by atoms with Crippen molar-refractivity contribution in [3.63, 3.8) is 0 Å². The maximum absolute atomic E-state index is 14.5. The molecular weight excluding hydrogens is 561 g/mol. The molecule has 11 heteroatoms. The minimum Gasteiger partial charge on any atom is -0.369 e. The molecule has 0 N–H and O–H groups in total. The molecular formula is C28H31ClFN3O4S2. The van der Waals surface area contributed by atoms with Crippen LogP contribution in [0.3, 0.4) is 0 Å². The summed E-state index contributed by atoms with van der Waals surface area (Å²) >= 11 is 5.93. The van der Waals surface area contributed by atoms with Gasteiger partial charge in [0.1, 0.15) is 5.82 Å². The molecule has 0 amide bonds. The van der Waals surface area contributed by atoms with Crippen LogP contribution in [0.5, 0.6) is 0 Å². The van der Waals surface area contributed by atoms with Gasteiger partial charge in [0.15, 0.2) is 0 Å². The van der Waals surface area contributed by atoms with Gasteiger partial charge in [-0.1, -0.05) is 36.7 Å². The summed E-state index contributed by atoms with van der Waals surface area (Å²) in [6, 6.07) is 17.6. The van der Waals surface area contributed by atoms with E-state index in [9.17, 15) is 21.2 Å². The van der Waals surface area contributed by atoms with Gasteiger partial charge in [0.2, 0.25) is 10.0 Å². The molecule has 2 heterocycles. The SMILES string of the molecule is CN(C)S(=O)(=O)c1ccc(S(=O)(=O)N2C[C@](C)(C3CCN(c4ccc(Cl)cc4F)CC3)c3ccccc32)cc1. The Morgan fingerprint density at radius 1 is 0.897 bits per heavy atom. The molecule has 0 radical (unpaired) electrons. The van der Waals surface area contributed by atoms with Crippen molar-refractivity contribution in [1.29, 1.82) is 0 Å². The van der Waals surface area contributed by atoms with Crippen LogP contribution < -0.4 is 9.21 Å². The topological polar surface area (TPSA) is 78.0 Å². The molecule has 2 aliphatic heterocycles. The Morgan fingerprint density at radius 2 is 1.51 bits per heavy atom. The lowest BCUT2D eigenvalue weighted by Crippen LogP contribution is -2.45. The summed E-state index contributed by atoms with van der Waals surface area (Å²) in [5, 5.41) is 0.358. The number of rotatable bonds is 6. The van der Waals surface area contributed by atoms with E-state index in [4.69, 9.17) is 11.6 Å². The number of halogens is 2. The van der Waals surface area contributed by atoms with Gasteiger partial charge < -0.3 is 4.90 Å². The highest BCUT2D eigenvalue weighted by molar-refractivity contribution is 7.93. The van der Waals surface area contributed by atoms with Gasteiger partial charge >= 0.3 is 0 Å². The Kier molecular flexibility index (Phi) is 7.20. The van der Waals surface area contributed by atoms with E-state index in [0.717, 1.165) is 22.7 Å². The number of piperidine rings is 1. The zero-order chi connectivity index (χ0) is 28.2. The summed E-state index contributed by atoms with van der Waals surface area (Å²) in [5.74, 6) is -0.168. The van der Waals surface area contributed by atoms with E-state index in [0.29, 0.717) is 29.5 Å². The van der Waals surface area contributed by atoms with Crippen LogP contribution in [0.15, 0.2) is 76.5 Å². The largest absolute Gasteiger partial charge is 0.369 e. The van der Waals surface area contributed by atoms with Crippen LogP contribution in [-0.2, 0) is 25.5 Å². The molecule has 0 bridgehead atoms. The van der Waals surface area contributed by atoms with Gasteiger partial charge in [0.05, 0.1) is 21.2 Å². The number of hydrogen-bond donors (Lipinski definition) is 0. The second-order valence-electron chi connectivity index (χ2n) is 10.6. The fourth-order valence-electron chi connectivity index (χ4n) is 5.82. The monoisotopic (exact) mass is 591 g/mol. The highest BCUT2D eigenvalue weighted by Gasteiger charge is 2.48. The molecule has 1 saturated heterocycles. The van der Waals surface area contributed by atoms with Crippen molar-refractivity contribution in [2.75, 3.05) is 42.9 Å². The van der Waals surface area contributed by atoms with Crippen molar-refractivity contribution in [2.24, 2.45) is 5.92 Å². The molecule has 3 aromatic carbocycles. The van der Waals surface area contributed by atoms with Crippen molar-refractivity contribution >= 4 is 43.0 Å². The Labute approximate surface area is 234 Å². The third kappa shape index (κ3) is 4.81. The molecule has 39 heavy (non-hydrogen) atoms. The maximum Gasteiger partial charge on any atom is 0.264 e. The predicted molar refractivity (Wildman–Crippen MR) is 152 cm³/mol. The van der Waals surface area contributed by atoms with Crippen LogP contribution in [-0.4, -0.2) is 54.9 Å².